The van der Waals surface area contributed by atoms with E-state index in [2.05, 4.69) is 29.1 Å². The van der Waals surface area contributed by atoms with Gasteiger partial charge in [0.25, 0.3) is 0 Å². The Balaban J connectivity index is 2.49. The molecule has 0 aliphatic rings. The summed E-state index contributed by atoms with van der Waals surface area (Å²) >= 11 is 11.8. The van der Waals surface area contributed by atoms with Crippen LogP contribution >= 0.6 is 23.2 Å². The van der Waals surface area contributed by atoms with Crippen LogP contribution < -0.4 is 10.6 Å². The fourth-order valence-electron chi connectivity index (χ4n) is 1.62. The third kappa shape index (κ3) is 6.95. The number of nitrogens with one attached hydrogen (secondary N) is 2. The fraction of sp³-hybridized carbons (Fsp3) is 0.294. The van der Waals surface area contributed by atoms with Gasteiger partial charge in [-0.2, -0.15) is 0 Å². The molecule has 0 aromatic heterocycles. The first kappa shape index (κ1) is 19.9. The predicted molar refractivity (Wildman–Crippen MR) is 97.2 cm³/mol. The van der Waals surface area contributed by atoms with Crippen LogP contribution in [0.15, 0.2) is 30.9 Å². The smallest absolute Gasteiger partial charge is 0.318 e. The van der Waals surface area contributed by atoms with Crippen LogP contribution in [0.3, 0.4) is 0 Å². The van der Waals surface area contributed by atoms with E-state index in [-0.39, 0.29) is 18.0 Å². The highest BCUT2D eigenvalue weighted by molar-refractivity contribution is 6.42. The molecule has 0 aliphatic carbocycles. The Kier molecular flexibility index (Phi) is 8.17. The average molecular weight is 368 g/mol. The topological polar surface area (TPSA) is 61.4 Å². The summed E-state index contributed by atoms with van der Waals surface area (Å²) < 4.78 is 0. The van der Waals surface area contributed by atoms with Crippen molar-refractivity contribution in [2.45, 2.75) is 13.0 Å². The molecule has 1 rings (SSSR count). The van der Waals surface area contributed by atoms with Crippen molar-refractivity contribution in [1.82, 2.24) is 15.5 Å². The van der Waals surface area contributed by atoms with Crippen molar-refractivity contribution in [2.75, 3.05) is 20.1 Å². The van der Waals surface area contributed by atoms with Gasteiger partial charge in [0, 0.05) is 25.7 Å². The lowest BCUT2D eigenvalue weighted by atomic mass is 10.2. The summed E-state index contributed by atoms with van der Waals surface area (Å²) in [6.07, 6.45) is 1.18. The normalized spacial score (nSPS) is 10.8. The summed E-state index contributed by atoms with van der Waals surface area (Å²) in [6.45, 7) is 5.85. The molecule has 0 heterocycles. The third-order valence-electron chi connectivity index (χ3n) is 2.97. The van der Waals surface area contributed by atoms with Gasteiger partial charge < -0.3 is 15.5 Å². The second-order valence-corrected chi connectivity index (χ2v) is 5.80. The van der Waals surface area contributed by atoms with Gasteiger partial charge in [0.1, 0.15) is 0 Å². The molecule has 3 amide bonds. The second-order valence-electron chi connectivity index (χ2n) is 4.99. The maximum absolute atomic E-state index is 12.0. The quantitative estimate of drug-likeness (QED) is 0.620. The summed E-state index contributed by atoms with van der Waals surface area (Å²) in [6, 6.07) is 4.46. The lowest BCUT2D eigenvalue weighted by Crippen LogP contribution is -2.44. The molecule has 0 radical (unpaired) electrons. The van der Waals surface area contributed by atoms with Crippen molar-refractivity contribution in [1.29, 1.82) is 0 Å². The van der Waals surface area contributed by atoms with Crippen LogP contribution in [0.2, 0.25) is 10.0 Å². The van der Waals surface area contributed by atoms with Gasteiger partial charge >= 0.3 is 6.03 Å². The van der Waals surface area contributed by atoms with Crippen LogP contribution in [-0.2, 0) is 4.79 Å². The van der Waals surface area contributed by atoms with Crippen LogP contribution in [0.4, 0.5) is 4.79 Å². The van der Waals surface area contributed by atoms with Crippen molar-refractivity contribution in [3.05, 3.63) is 46.5 Å². The Labute approximate surface area is 152 Å². The SMILES string of the molecule is C=CC(=O)NCCN(C)C(=O)NC(C)C#Cc1ccc(Cl)c(Cl)c1. The van der Waals surface area contributed by atoms with E-state index in [0.717, 1.165) is 0 Å². The van der Waals surface area contributed by atoms with E-state index in [1.807, 2.05) is 0 Å². The molecular weight excluding hydrogens is 349 g/mol. The molecule has 0 fully saturated rings. The van der Waals surface area contributed by atoms with E-state index >= 15 is 0 Å². The average Bonchev–Trinajstić information content (AvgIpc) is 2.55. The largest absolute Gasteiger partial charge is 0.351 e. The van der Waals surface area contributed by atoms with Crippen LogP contribution in [0.5, 0.6) is 0 Å². The van der Waals surface area contributed by atoms with Crippen molar-refractivity contribution in [3.8, 4) is 11.8 Å². The molecule has 1 unspecified atom stereocenters. The Morgan fingerprint density at radius 2 is 2.08 bits per heavy atom. The number of rotatable bonds is 5. The molecule has 5 nitrogen and oxygen atoms in total. The first-order chi connectivity index (χ1) is 11.3. The molecule has 0 spiro atoms. The molecule has 128 valence electrons. The Morgan fingerprint density at radius 1 is 1.38 bits per heavy atom. The first-order valence-corrected chi connectivity index (χ1v) is 7.97. The van der Waals surface area contributed by atoms with Crippen molar-refractivity contribution < 1.29 is 9.59 Å². The molecule has 0 saturated carbocycles. The highest BCUT2D eigenvalue weighted by Gasteiger charge is 2.10. The van der Waals surface area contributed by atoms with Crippen molar-refractivity contribution in [3.63, 3.8) is 0 Å². The van der Waals surface area contributed by atoms with Gasteiger partial charge in [0.05, 0.1) is 16.1 Å². The monoisotopic (exact) mass is 367 g/mol. The maximum Gasteiger partial charge on any atom is 0.318 e. The van der Waals surface area contributed by atoms with E-state index in [1.165, 1.54) is 11.0 Å². The molecule has 1 atom stereocenters. The second kappa shape index (κ2) is 9.86. The molecule has 7 heteroatoms. The zero-order valence-electron chi connectivity index (χ0n) is 13.5. The molecule has 0 saturated heterocycles. The maximum atomic E-state index is 12.0. The Morgan fingerprint density at radius 3 is 2.71 bits per heavy atom. The van der Waals surface area contributed by atoms with E-state index in [9.17, 15) is 9.59 Å². The van der Waals surface area contributed by atoms with Gasteiger partial charge in [-0.05, 0) is 31.2 Å². The van der Waals surface area contributed by atoms with Crippen LogP contribution in [-0.4, -0.2) is 43.0 Å². The standard InChI is InChI=1S/C17H19Cl2N3O2/c1-4-16(23)20-9-10-22(3)17(24)21-12(2)5-6-13-7-8-14(18)15(19)11-13/h4,7-8,11-12H,1,9-10H2,2-3H3,(H,20,23)(H,21,24). The number of nitrogens with zero attached hydrogens (tertiary/aromatic N) is 1. The molecule has 2 N–H and O–H groups in total. The van der Waals surface area contributed by atoms with E-state index in [1.54, 1.807) is 32.2 Å². The number of hydrogen-bond donors (Lipinski definition) is 2. The number of carbonyl (C=O) groups is 2. The Hall–Kier alpha value is -2.16. The highest BCUT2D eigenvalue weighted by Crippen LogP contribution is 2.21. The van der Waals surface area contributed by atoms with Gasteiger partial charge in [-0.25, -0.2) is 4.79 Å². The molecular formula is C17H19Cl2N3O2. The number of benzene rings is 1. The van der Waals surface area contributed by atoms with Gasteiger partial charge in [0.2, 0.25) is 5.91 Å². The van der Waals surface area contributed by atoms with Crippen molar-refractivity contribution >= 4 is 35.1 Å². The summed E-state index contributed by atoms with van der Waals surface area (Å²) in [4.78, 5) is 24.5. The summed E-state index contributed by atoms with van der Waals surface area (Å²) in [7, 11) is 1.63. The lowest BCUT2D eigenvalue weighted by molar-refractivity contribution is -0.116. The van der Waals surface area contributed by atoms with Crippen LogP contribution in [0.25, 0.3) is 0 Å². The van der Waals surface area contributed by atoms with Gasteiger partial charge in [-0.3, -0.25) is 4.79 Å². The zero-order chi connectivity index (χ0) is 18.1. The zero-order valence-corrected chi connectivity index (χ0v) is 15.0. The molecule has 0 aliphatic heterocycles. The lowest BCUT2D eigenvalue weighted by Gasteiger charge is -2.19. The van der Waals surface area contributed by atoms with Crippen LogP contribution in [0, 0.1) is 11.8 Å². The minimum Gasteiger partial charge on any atom is -0.351 e. The van der Waals surface area contributed by atoms with Gasteiger partial charge in [0.15, 0.2) is 0 Å². The molecule has 0 bridgehead atoms. The van der Waals surface area contributed by atoms with Crippen LogP contribution in [0.1, 0.15) is 12.5 Å². The fourth-order valence-corrected chi connectivity index (χ4v) is 1.92. The highest BCUT2D eigenvalue weighted by atomic mass is 35.5. The van der Waals surface area contributed by atoms with E-state index < -0.39 is 0 Å². The minimum absolute atomic E-state index is 0.273. The Bertz CT molecular complexity index is 680. The summed E-state index contributed by atoms with van der Waals surface area (Å²) in [5, 5.41) is 6.25. The number of halogens is 2. The molecule has 24 heavy (non-hydrogen) atoms. The number of likely N-dealkylation sites (N-methyl/N-ethyl adjacent to an activating group) is 1. The van der Waals surface area contributed by atoms with E-state index in [0.29, 0.717) is 28.7 Å². The number of urea groups is 1. The first-order valence-electron chi connectivity index (χ1n) is 7.22. The van der Waals surface area contributed by atoms with Gasteiger partial charge in [-0.1, -0.05) is 41.6 Å². The summed E-state index contributed by atoms with van der Waals surface area (Å²) in [5.74, 6) is 5.58. The number of carbonyl (C=O) groups excluding carboxylic acids is 2. The predicted octanol–water partition coefficient (Wildman–Crippen LogP) is 2.68. The molecule has 1 aromatic carbocycles. The van der Waals surface area contributed by atoms with Crippen molar-refractivity contribution in [2.24, 2.45) is 0 Å². The summed E-state index contributed by atoms with van der Waals surface area (Å²) in [5.41, 5.74) is 0.714. The number of amides is 3. The third-order valence-corrected chi connectivity index (χ3v) is 3.71. The van der Waals surface area contributed by atoms with E-state index in [4.69, 9.17) is 23.2 Å². The minimum atomic E-state index is -0.350. The number of hydrogen-bond acceptors (Lipinski definition) is 2. The van der Waals surface area contributed by atoms with Gasteiger partial charge in [-0.15, -0.1) is 0 Å². The molecule has 1 aromatic rings.